The molecule has 0 aliphatic carbocycles. The summed E-state index contributed by atoms with van der Waals surface area (Å²) in [5.41, 5.74) is 9.21. The molecule has 0 fully saturated rings. The minimum absolute atomic E-state index is 0.435. The first-order valence-corrected chi connectivity index (χ1v) is 9.48. The van der Waals surface area contributed by atoms with Gasteiger partial charge in [-0.15, -0.1) is 0 Å². The van der Waals surface area contributed by atoms with E-state index < -0.39 is 5.91 Å². The van der Waals surface area contributed by atoms with Crippen molar-refractivity contribution in [3.05, 3.63) is 95.0 Å². The maximum Gasteiger partial charge on any atom is 0.249 e. The second kappa shape index (κ2) is 6.39. The zero-order valence-corrected chi connectivity index (χ0v) is 15.8. The summed E-state index contributed by atoms with van der Waals surface area (Å²) in [5, 5.41) is 4.86. The van der Waals surface area contributed by atoms with E-state index in [0.29, 0.717) is 17.1 Å². The highest BCUT2D eigenvalue weighted by atomic mass is 35.5. The molecule has 136 valence electrons. The number of fused-ring (bicyclic) bond motifs is 4. The standard InChI is InChI=1S/C24H17ClN2O/c25-20-9-3-7-18-22-19(24(26)28)8-4-10-21(22)27(23(18)20)14-15-11-12-16-5-1-2-6-17(16)13-15/h1-13H,14H2,(H2,26,28). The van der Waals surface area contributed by atoms with Gasteiger partial charge >= 0.3 is 0 Å². The van der Waals surface area contributed by atoms with E-state index in [0.717, 1.165) is 21.8 Å². The zero-order valence-electron chi connectivity index (χ0n) is 15.0. The summed E-state index contributed by atoms with van der Waals surface area (Å²) in [7, 11) is 0. The van der Waals surface area contributed by atoms with Gasteiger partial charge in [-0.2, -0.15) is 0 Å². The molecule has 0 aliphatic rings. The number of primary amides is 1. The number of hydrogen-bond donors (Lipinski definition) is 1. The predicted octanol–water partition coefficient (Wildman–Crippen LogP) is 5.75. The van der Waals surface area contributed by atoms with Gasteiger partial charge in [0.05, 0.1) is 16.1 Å². The van der Waals surface area contributed by atoms with Crippen LogP contribution in [0.15, 0.2) is 78.9 Å². The van der Waals surface area contributed by atoms with Crippen LogP contribution >= 0.6 is 11.6 Å². The molecule has 1 amide bonds. The monoisotopic (exact) mass is 384 g/mol. The Morgan fingerprint density at radius 2 is 1.68 bits per heavy atom. The van der Waals surface area contributed by atoms with E-state index in [1.54, 1.807) is 6.07 Å². The number of carbonyl (C=O) groups excluding carboxylic acids is 1. The van der Waals surface area contributed by atoms with Gasteiger partial charge in [-0.1, -0.05) is 66.2 Å². The third-order valence-corrected chi connectivity index (χ3v) is 5.58. The van der Waals surface area contributed by atoms with Crippen molar-refractivity contribution >= 4 is 50.1 Å². The second-order valence-electron chi connectivity index (χ2n) is 6.97. The van der Waals surface area contributed by atoms with Gasteiger partial charge < -0.3 is 10.3 Å². The Labute approximate surface area is 166 Å². The third-order valence-electron chi connectivity index (χ3n) is 5.28. The molecule has 0 saturated heterocycles. The molecule has 3 nitrogen and oxygen atoms in total. The van der Waals surface area contributed by atoms with Crippen LogP contribution in [0.3, 0.4) is 0 Å². The molecule has 0 atom stereocenters. The smallest absolute Gasteiger partial charge is 0.249 e. The van der Waals surface area contributed by atoms with Gasteiger partial charge in [-0.3, -0.25) is 4.79 Å². The Kier molecular flexibility index (Phi) is 3.85. The van der Waals surface area contributed by atoms with Crippen LogP contribution in [0.2, 0.25) is 5.02 Å². The number of nitrogens with two attached hydrogens (primary N) is 1. The fourth-order valence-electron chi connectivity index (χ4n) is 4.05. The molecule has 4 heteroatoms. The molecule has 5 rings (SSSR count). The fraction of sp³-hybridized carbons (Fsp3) is 0.0417. The number of hydrogen-bond acceptors (Lipinski definition) is 1. The van der Waals surface area contributed by atoms with Crippen LogP contribution in [0.4, 0.5) is 0 Å². The summed E-state index contributed by atoms with van der Waals surface area (Å²) in [5.74, 6) is -0.435. The average Bonchev–Trinajstić information content (AvgIpc) is 3.03. The molecule has 5 aromatic rings. The third kappa shape index (κ3) is 2.55. The first kappa shape index (κ1) is 16.8. The summed E-state index contributed by atoms with van der Waals surface area (Å²) in [6.45, 7) is 0.650. The van der Waals surface area contributed by atoms with Crippen molar-refractivity contribution in [3.63, 3.8) is 0 Å². The number of aromatic nitrogens is 1. The molecule has 0 spiro atoms. The Morgan fingerprint density at radius 3 is 2.50 bits per heavy atom. The van der Waals surface area contributed by atoms with Crippen LogP contribution in [-0.2, 0) is 6.54 Å². The molecule has 28 heavy (non-hydrogen) atoms. The molecule has 2 N–H and O–H groups in total. The van der Waals surface area contributed by atoms with Gasteiger partial charge in [0, 0.05) is 22.9 Å². The van der Waals surface area contributed by atoms with Crippen molar-refractivity contribution in [2.24, 2.45) is 5.73 Å². The Hall–Kier alpha value is -3.30. The first-order chi connectivity index (χ1) is 13.6. The number of rotatable bonds is 3. The molecule has 0 radical (unpaired) electrons. The van der Waals surface area contributed by atoms with Crippen LogP contribution in [-0.4, -0.2) is 10.5 Å². The summed E-state index contributed by atoms with van der Waals surface area (Å²) < 4.78 is 2.17. The zero-order chi connectivity index (χ0) is 19.3. The number of benzene rings is 4. The fourth-order valence-corrected chi connectivity index (χ4v) is 4.33. The summed E-state index contributed by atoms with van der Waals surface area (Å²) in [6, 6.07) is 26.2. The van der Waals surface area contributed by atoms with Crippen LogP contribution in [0.5, 0.6) is 0 Å². The number of carbonyl (C=O) groups is 1. The van der Waals surface area contributed by atoms with Crippen molar-refractivity contribution in [2.45, 2.75) is 6.54 Å². The van der Waals surface area contributed by atoms with Crippen LogP contribution in [0.1, 0.15) is 15.9 Å². The van der Waals surface area contributed by atoms with E-state index in [4.69, 9.17) is 17.3 Å². The van der Waals surface area contributed by atoms with Crippen LogP contribution in [0, 0.1) is 0 Å². The first-order valence-electron chi connectivity index (χ1n) is 9.10. The topological polar surface area (TPSA) is 48.0 Å². The SMILES string of the molecule is NC(=O)c1cccc2c1c1cccc(Cl)c1n2Cc1ccc2ccccc2c1. The normalized spacial score (nSPS) is 11.5. The molecular weight excluding hydrogens is 368 g/mol. The lowest BCUT2D eigenvalue weighted by Crippen LogP contribution is -2.11. The summed E-state index contributed by atoms with van der Waals surface area (Å²) in [6.07, 6.45) is 0. The van der Waals surface area contributed by atoms with Crippen molar-refractivity contribution in [3.8, 4) is 0 Å². The highest BCUT2D eigenvalue weighted by Gasteiger charge is 2.18. The van der Waals surface area contributed by atoms with E-state index in [-0.39, 0.29) is 0 Å². The number of amides is 1. The lowest BCUT2D eigenvalue weighted by molar-refractivity contribution is 0.100. The van der Waals surface area contributed by atoms with Gasteiger partial charge in [0.1, 0.15) is 0 Å². The molecule has 0 unspecified atom stereocenters. The van der Waals surface area contributed by atoms with Crippen molar-refractivity contribution in [1.82, 2.24) is 4.57 Å². The summed E-state index contributed by atoms with van der Waals surface area (Å²) >= 11 is 6.59. The summed E-state index contributed by atoms with van der Waals surface area (Å²) in [4.78, 5) is 12.0. The average molecular weight is 385 g/mol. The lowest BCUT2D eigenvalue weighted by atomic mass is 10.1. The van der Waals surface area contributed by atoms with E-state index in [2.05, 4.69) is 34.9 Å². The van der Waals surface area contributed by atoms with Crippen LogP contribution < -0.4 is 5.73 Å². The number of para-hydroxylation sites is 1. The van der Waals surface area contributed by atoms with Crippen molar-refractivity contribution in [2.75, 3.05) is 0 Å². The van der Waals surface area contributed by atoms with E-state index in [1.165, 1.54) is 16.3 Å². The molecular formula is C24H17ClN2O. The van der Waals surface area contributed by atoms with Crippen molar-refractivity contribution in [1.29, 1.82) is 0 Å². The highest BCUT2D eigenvalue weighted by Crippen LogP contribution is 2.36. The largest absolute Gasteiger partial charge is 0.366 e. The lowest BCUT2D eigenvalue weighted by Gasteiger charge is -2.10. The minimum Gasteiger partial charge on any atom is -0.366 e. The Morgan fingerprint density at radius 1 is 0.893 bits per heavy atom. The molecule has 1 heterocycles. The van der Waals surface area contributed by atoms with Crippen molar-refractivity contribution < 1.29 is 4.79 Å². The van der Waals surface area contributed by atoms with Gasteiger partial charge in [-0.25, -0.2) is 0 Å². The molecule has 0 saturated carbocycles. The van der Waals surface area contributed by atoms with Gasteiger partial charge in [-0.05, 0) is 40.6 Å². The van der Waals surface area contributed by atoms with Gasteiger partial charge in [0.25, 0.3) is 0 Å². The molecule has 0 bridgehead atoms. The van der Waals surface area contributed by atoms with Crippen LogP contribution in [0.25, 0.3) is 32.6 Å². The van der Waals surface area contributed by atoms with Gasteiger partial charge in [0.15, 0.2) is 0 Å². The van der Waals surface area contributed by atoms with E-state index >= 15 is 0 Å². The van der Waals surface area contributed by atoms with Gasteiger partial charge in [0.2, 0.25) is 5.91 Å². The minimum atomic E-state index is -0.435. The maximum absolute atomic E-state index is 12.0. The Balaban J connectivity index is 1.79. The maximum atomic E-state index is 12.0. The number of nitrogens with zero attached hydrogens (tertiary/aromatic N) is 1. The second-order valence-corrected chi connectivity index (χ2v) is 7.37. The number of halogens is 1. The predicted molar refractivity (Wildman–Crippen MR) is 116 cm³/mol. The quantitative estimate of drug-likeness (QED) is 0.423. The van der Waals surface area contributed by atoms with E-state index in [1.807, 2.05) is 42.5 Å². The highest BCUT2D eigenvalue weighted by molar-refractivity contribution is 6.37. The van der Waals surface area contributed by atoms with E-state index in [9.17, 15) is 4.79 Å². The Bertz CT molecular complexity index is 1380. The molecule has 4 aromatic carbocycles. The molecule has 0 aliphatic heterocycles. The molecule has 1 aromatic heterocycles.